The number of hydrogen-bond donors (Lipinski definition) is 2. The van der Waals surface area contributed by atoms with Gasteiger partial charge in [0.15, 0.2) is 0 Å². The van der Waals surface area contributed by atoms with Crippen molar-refractivity contribution in [3.05, 3.63) is 59.8 Å². The van der Waals surface area contributed by atoms with Crippen molar-refractivity contribution < 1.29 is 4.79 Å². The highest BCUT2D eigenvalue weighted by molar-refractivity contribution is 6.06. The Morgan fingerprint density at radius 1 is 1.26 bits per heavy atom. The van der Waals surface area contributed by atoms with E-state index >= 15 is 0 Å². The second-order valence-corrected chi connectivity index (χ2v) is 5.63. The van der Waals surface area contributed by atoms with Crippen molar-refractivity contribution in [3.63, 3.8) is 0 Å². The quantitative estimate of drug-likeness (QED) is 0.597. The summed E-state index contributed by atoms with van der Waals surface area (Å²) in [4.78, 5) is 16.7. The number of carbonyl (C=O) groups excluding carboxylic acids is 1. The molecule has 0 saturated carbocycles. The molecule has 3 heterocycles. The van der Waals surface area contributed by atoms with E-state index in [-0.39, 0.29) is 5.91 Å². The molecule has 23 heavy (non-hydrogen) atoms. The first-order valence-corrected chi connectivity index (χ1v) is 7.30. The van der Waals surface area contributed by atoms with Crippen LogP contribution < -0.4 is 5.32 Å². The standard InChI is InChI=1S/C17H15N5O/c1-10-5-13-7-18-9-22(13)8-15(10)17(23)19-12-3-4-16-14(6-12)11(2)20-21-16/h3-9H,1-2H3,(H,19,23)(H,20,21). The van der Waals surface area contributed by atoms with Crippen molar-refractivity contribution >= 4 is 28.0 Å². The molecule has 114 valence electrons. The Kier molecular flexibility index (Phi) is 2.90. The van der Waals surface area contributed by atoms with Crippen LogP contribution in [0.5, 0.6) is 0 Å². The fraction of sp³-hybridized carbons (Fsp3) is 0.118. The predicted molar refractivity (Wildman–Crippen MR) is 88.7 cm³/mol. The second kappa shape index (κ2) is 4.95. The average molecular weight is 305 g/mol. The fourth-order valence-corrected chi connectivity index (χ4v) is 2.73. The van der Waals surface area contributed by atoms with E-state index in [0.29, 0.717) is 5.56 Å². The molecule has 0 saturated heterocycles. The van der Waals surface area contributed by atoms with Crippen LogP contribution in [0.3, 0.4) is 0 Å². The lowest BCUT2D eigenvalue weighted by molar-refractivity contribution is 0.102. The van der Waals surface area contributed by atoms with Crippen LogP contribution in [-0.4, -0.2) is 25.5 Å². The first-order chi connectivity index (χ1) is 11.1. The number of fused-ring (bicyclic) bond motifs is 2. The third-order valence-corrected chi connectivity index (χ3v) is 4.00. The van der Waals surface area contributed by atoms with Crippen LogP contribution in [0.4, 0.5) is 5.69 Å². The molecule has 6 nitrogen and oxygen atoms in total. The van der Waals surface area contributed by atoms with Crippen molar-refractivity contribution in [3.8, 4) is 0 Å². The van der Waals surface area contributed by atoms with Gasteiger partial charge < -0.3 is 9.72 Å². The van der Waals surface area contributed by atoms with Crippen LogP contribution in [0.2, 0.25) is 0 Å². The monoisotopic (exact) mass is 305 g/mol. The minimum atomic E-state index is -0.140. The van der Waals surface area contributed by atoms with Gasteiger partial charge in [-0.25, -0.2) is 4.98 Å². The lowest BCUT2D eigenvalue weighted by Gasteiger charge is -2.09. The highest BCUT2D eigenvalue weighted by atomic mass is 16.1. The number of benzene rings is 1. The summed E-state index contributed by atoms with van der Waals surface area (Å²) >= 11 is 0. The van der Waals surface area contributed by atoms with Gasteiger partial charge in [0.05, 0.1) is 29.1 Å². The number of carbonyl (C=O) groups is 1. The molecule has 3 aromatic heterocycles. The Labute approximate surface area is 132 Å². The normalized spacial score (nSPS) is 11.2. The van der Waals surface area contributed by atoms with Gasteiger partial charge in [0.1, 0.15) is 0 Å². The molecule has 6 heteroatoms. The molecular weight excluding hydrogens is 290 g/mol. The topological polar surface area (TPSA) is 75.1 Å². The van der Waals surface area contributed by atoms with Gasteiger partial charge in [-0.05, 0) is 43.7 Å². The maximum Gasteiger partial charge on any atom is 0.257 e. The molecule has 0 unspecified atom stereocenters. The van der Waals surface area contributed by atoms with Gasteiger partial charge in [0.25, 0.3) is 5.91 Å². The number of imidazole rings is 1. The predicted octanol–water partition coefficient (Wildman–Crippen LogP) is 3.08. The van der Waals surface area contributed by atoms with E-state index in [9.17, 15) is 4.79 Å². The summed E-state index contributed by atoms with van der Waals surface area (Å²) in [6, 6.07) is 7.62. The van der Waals surface area contributed by atoms with Crippen LogP contribution >= 0.6 is 0 Å². The molecular formula is C17H15N5O. The summed E-state index contributed by atoms with van der Waals surface area (Å²) in [5, 5.41) is 11.1. The van der Waals surface area contributed by atoms with E-state index in [2.05, 4.69) is 20.5 Å². The van der Waals surface area contributed by atoms with Crippen LogP contribution in [-0.2, 0) is 0 Å². The summed E-state index contributed by atoms with van der Waals surface area (Å²) in [6.07, 6.45) is 5.26. The van der Waals surface area contributed by atoms with Crippen molar-refractivity contribution in [1.82, 2.24) is 19.6 Å². The van der Waals surface area contributed by atoms with E-state index in [0.717, 1.165) is 33.4 Å². The summed E-state index contributed by atoms with van der Waals surface area (Å²) < 4.78 is 1.84. The van der Waals surface area contributed by atoms with Gasteiger partial charge in [0, 0.05) is 23.0 Å². The zero-order valence-corrected chi connectivity index (χ0v) is 12.8. The van der Waals surface area contributed by atoms with Gasteiger partial charge in [-0.1, -0.05) is 0 Å². The molecule has 4 rings (SSSR count). The minimum absolute atomic E-state index is 0.140. The number of amides is 1. The highest BCUT2D eigenvalue weighted by Gasteiger charge is 2.12. The number of pyridine rings is 1. The van der Waals surface area contributed by atoms with Crippen LogP contribution in [0, 0.1) is 13.8 Å². The van der Waals surface area contributed by atoms with Gasteiger partial charge in [-0.3, -0.25) is 9.89 Å². The number of anilines is 1. The van der Waals surface area contributed by atoms with Gasteiger partial charge in [0.2, 0.25) is 0 Å². The molecule has 0 fully saturated rings. The number of hydrogen-bond acceptors (Lipinski definition) is 3. The molecule has 0 spiro atoms. The first kappa shape index (κ1) is 13.5. The van der Waals surface area contributed by atoms with Crippen LogP contribution in [0.25, 0.3) is 16.4 Å². The fourth-order valence-electron chi connectivity index (χ4n) is 2.73. The number of rotatable bonds is 2. The zero-order chi connectivity index (χ0) is 16.0. The SMILES string of the molecule is Cc1cc2cncn2cc1C(=O)Nc1ccc2n[nH]c(C)c2c1. The Morgan fingerprint density at radius 2 is 2.13 bits per heavy atom. The highest BCUT2D eigenvalue weighted by Crippen LogP contribution is 2.21. The first-order valence-electron chi connectivity index (χ1n) is 7.30. The second-order valence-electron chi connectivity index (χ2n) is 5.63. The molecule has 0 bridgehead atoms. The number of aromatic amines is 1. The van der Waals surface area contributed by atoms with Crippen LogP contribution in [0.15, 0.2) is 43.0 Å². The Hall–Kier alpha value is -3.15. The molecule has 2 N–H and O–H groups in total. The van der Waals surface area contributed by atoms with Crippen molar-refractivity contribution in [2.45, 2.75) is 13.8 Å². The number of nitrogens with zero attached hydrogens (tertiary/aromatic N) is 3. The molecule has 0 aliphatic heterocycles. The van der Waals surface area contributed by atoms with E-state index in [1.165, 1.54) is 0 Å². The summed E-state index contributed by atoms with van der Waals surface area (Å²) in [6.45, 7) is 3.88. The average Bonchev–Trinajstić information content (AvgIpc) is 3.13. The van der Waals surface area contributed by atoms with Crippen molar-refractivity contribution in [2.75, 3.05) is 5.32 Å². The molecule has 4 aromatic rings. The van der Waals surface area contributed by atoms with E-state index in [1.807, 2.05) is 42.5 Å². The Bertz CT molecular complexity index is 1040. The molecule has 0 aliphatic carbocycles. The molecule has 0 aliphatic rings. The number of aromatic nitrogens is 4. The minimum Gasteiger partial charge on any atom is -0.322 e. The molecule has 1 amide bonds. The number of nitrogens with one attached hydrogen (secondary N) is 2. The molecule has 1 aromatic carbocycles. The number of aryl methyl sites for hydroxylation is 2. The van der Waals surface area contributed by atoms with Gasteiger partial charge >= 0.3 is 0 Å². The van der Waals surface area contributed by atoms with Gasteiger partial charge in [-0.15, -0.1) is 0 Å². The summed E-state index contributed by atoms with van der Waals surface area (Å²) in [7, 11) is 0. The third-order valence-electron chi connectivity index (χ3n) is 4.00. The largest absolute Gasteiger partial charge is 0.322 e. The molecule has 0 atom stereocenters. The third kappa shape index (κ3) is 2.24. The van der Waals surface area contributed by atoms with E-state index < -0.39 is 0 Å². The molecule has 0 radical (unpaired) electrons. The summed E-state index contributed by atoms with van der Waals surface area (Å²) in [5.41, 5.74) is 5.12. The number of H-pyrrole nitrogens is 1. The summed E-state index contributed by atoms with van der Waals surface area (Å²) in [5.74, 6) is -0.140. The Balaban J connectivity index is 1.69. The maximum atomic E-state index is 12.6. The Morgan fingerprint density at radius 3 is 3.00 bits per heavy atom. The maximum absolute atomic E-state index is 12.6. The smallest absolute Gasteiger partial charge is 0.257 e. The zero-order valence-electron chi connectivity index (χ0n) is 12.8. The lowest BCUT2D eigenvalue weighted by Crippen LogP contribution is -2.14. The lowest BCUT2D eigenvalue weighted by atomic mass is 10.1. The van der Waals surface area contributed by atoms with E-state index in [1.54, 1.807) is 18.7 Å². The van der Waals surface area contributed by atoms with E-state index in [4.69, 9.17) is 0 Å². The van der Waals surface area contributed by atoms with Crippen molar-refractivity contribution in [1.29, 1.82) is 0 Å². The van der Waals surface area contributed by atoms with Crippen molar-refractivity contribution in [2.24, 2.45) is 0 Å². The van der Waals surface area contributed by atoms with Gasteiger partial charge in [-0.2, -0.15) is 5.10 Å². The van der Waals surface area contributed by atoms with Crippen LogP contribution in [0.1, 0.15) is 21.6 Å².